The molecule has 0 heterocycles. The molecule has 0 spiro atoms. The maximum atomic E-state index is 9.75. The van der Waals surface area contributed by atoms with Crippen LogP contribution >= 0.6 is 7.71 Å². The molecule has 0 unspecified atom stereocenters. The second-order valence-corrected chi connectivity index (χ2v) is 10.4. The van der Waals surface area contributed by atoms with Crippen molar-refractivity contribution >= 4 is 15.0 Å². The molecule has 0 atom stereocenters. The van der Waals surface area contributed by atoms with Crippen molar-refractivity contribution in [3.8, 4) is 0 Å². The summed E-state index contributed by atoms with van der Waals surface area (Å²) >= 11 is 0. The van der Waals surface area contributed by atoms with Gasteiger partial charge in [0, 0.05) is 40.8 Å². The van der Waals surface area contributed by atoms with Crippen molar-refractivity contribution in [1.82, 2.24) is 14.0 Å². The van der Waals surface area contributed by atoms with Crippen molar-refractivity contribution in [3.05, 3.63) is 0 Å². The summed E-state index contributed by atoms with van der Waals surface area (Å²) in [6.07, 6.45) is 7.74. The largest absolute Gasteiger partial charge is 0.673 e. The topological polar surface area (TPSA) is 9.72 Å². The van der Waals surface area contributed by atoms with E-state index in [0.29, 0.717) is 0 Å². The van der Waals surface area contributed by atoms with Crippen LogP contribution in [0, 0.1) is 0 Å². The molecule has 0 radical (unpaired) electrons. The van der Waals surface area contributed by atoms with E-state index >= 15 is 0 Å². The fourth-order valence-electron chi connectivity index (χ4n) is 2.51. The van der Waals surface area contributed by atoms with Crippen molar-refractivity contribution < 1.29 is 17.3 Å². The van der Waals surface area contributed by atoms with E-state index in [1.165, 1.54) is 58.2 Å². The molecular formula is C16H39BF4N3P. The zero-order valence-electron chi connectivity index (χ0n) is 17.2. The molecule has 0 aliphatic heterocycles. The second kappa shape index (κ2) is 14.2. The van der Waals surface area contributed by atoms with Crippen LogP contribution in [0.5, 0.6) is 0 Å². The summed E-state index contributed by atoms with van der Waals surface area (Å²) < 4.78 is 46.9. The molecule has 0 aromatic carbocycles. The molecule has 0 aromatic rings. The third-order valence-electron chi connectivity index (χ3n) is 4.45. The molecule has 0 aromatic heterocycles. The van der Waals surface area contributed by atoms with E-state index in [1.807, 2.05) is 0 Å². The van der Waals surface area contributed by atoms with Crippen LogP contribution in [-0.2, 0) is 0 Å². The SMILES string of the molecule is CCCCN(C)[P+](C)(N(C)CCCC)N(C)CCCC.F[B-](F)(F)F. The molecule has 0 saturated carbocycles. The van der Waals surface area contributed by atoms with Crippen molar-refractivity contribution in [2.75, 3.05) is 47.4 Å². The minimum atomic E-state index is -6.00. The summed E-state index contributed by atoms with van der Waals surface area (Å²) in [5.41, 5.74) is 0. The molecule has 25 heavy (non-hydrogen) atoms. The minimum Gasteiger partial charge on any atom is -0.418 e. The number of hydrogen-bond donors (Lipinski definition) is 0. The highest BCUT2D eigenvalue weighted by Crippen LogP contribution is 2.62. The first-order valence-corrected chi connectivity index (χ1v) is 11.4. The molecule has 9 heteroatoms. The highest BCUT2D eigenvalue weighted by atomic mass is 31.2. The monoisotopic (exact) mass is 391 g/mol. The molecule has 0 saturated heterocycles. The maximum absolute atomic E-state index is 9.75. The zero-order valence-corrected chi connectivity index (χ0v) is 18.1. The Bertz CT molecular complexity index is 280. The molecule has 154 valence electrons. The lowest BCUT2D eigenvalue weighted by Gasteiger charge is -2.42. The van der Waals surface area contributed by atoms with Crippen molar-refractivity contribution in [3.63, 3.8) is 0 Å². The molecule has 0 amide bonds. The van der Waals surface area contributed by atoms with Gasteiger partial charge in [0.2, 0.25) is 7.71 Å². The van der Waals surface area contributed by atoms with Gasteiger partial charge in [-0.05, 0) is 19.3 Å². The first kappa shape index (κ1) is 27.3. The van der Waals surface area contributed by atoms with Crippen LogP contribution in [0.2, 0.25) is 0 Å². The Kier molecular flexibility index (Phi) is 15.5. The Morgan fingerprint density at radius 1 is 0.640 bits per heavy atom. The summed E-state index contributed by atoms with van der Waals surface area (Å²) in [7, 11) is -0.348. The summed E-state index contributed by atoms with van der Waals surface area (Å²) in [6.45, 7) is 13.0. The molecule has 3 nitrogen and oxygen atoms in total. The van der Waals surface area contributed by atoms with Gasteiger partial charge in [0.05, 0.1) is 6.66 Å². The van der Waals surface area contributed by atoms with Gasteiger partial charge in [0.1, 0.15) is 0 Å². The summed E-state index contributed by atoms with van der Waals surface area (Å²) in [5, 5.41) is 0. The average Bonchev–Trinajstić information content (AvgIpc) is 2.52. The van der Waals surface area contributed by atoms with E-state index < -0.39 is 15.0 Å². The second-order valence-electron chi connectivity index (χ2n) is 6.57. The van der Waals surface area contributed by atoms with Crippen LogP contribution < -0.4 is 0 Å². The van der Waals surface area contributed by atoms with Gasteiger partial charge in [-0.25, -0.2) is 0 Å². The molecule has 0 rings (SSSR count). The van der Waals surface area contributed by atoms with Crippen molar-refractivity contribution in [2.24, 2.45) is 0 Å². The third kappa shape index (κ3) is 13.0. The van der Waals surface area contributed by atoms with E-state index in [4.69, 9.17) is 0 Å². The van der Waals surface area contributed by atoms with Gasteiger partial charge in [0.25, 0.3) is 0 Å². The molecule has 0 aliphatic carbocycles. The highest BCUT2D eigenvalue weighted by Gasteiger charge is 2.46. The number of hydrogen-bond acceptors (Lipinski definition) is 3. The van der Waals surface area contributed by atoms with Crippen molar-refractivity contribution in [2.45, 2.75) is 59.3 Å². The first-order valence-electron chi connectivity index (χ1n) is 9.33. The fraction of sp³-hybridized carbons (Fsp3) is 1.00. The lowest BCUT2D eigenvalue weighted by molar-refractivity contribution is 0.361. The van der Waals surface area contributed by atoms with Crippen LogP contribution in [0.4, 0.5) is 17.3 Å². The van der Waals surface area contributed by atoms with E-state index in [9.17, 15) is 17.3 Å². The number of halogens is 4. The Morgan fingerprint density at radius 2 is 0.840 bits per heavy atom. The number of unbranched alkanes of at least 4 members (excludes halogenated alkanes) is 3. The first-order chi connectivity index (χ1) is 11.4. The van der Waals surface area contributed by atoms with Crippen LogP contribution in [0.3, 0.4) is 0 Å². The molecular weight excluding hydrogens is 352 g/mol. The molecule has 0 N–H and O–H groups in total. The fourth-order valence-corrected chi connectivity index (χ4v) is 5.64. The summed E-state index contributed by atoms with van der Waals surface area (Å²) in [5.74, 6) is 0. The Balaban J connectivity index is 0. The maximum Gasteiger partial charge on any atom is 0.673 e. The predicted octanol–water partition coefficient (Wildman–Crippen LogP) is 5.87. The minimum absolute atomic E-state index is 1.22. The van der Waals surface area contributed by atoms with Gasteiger partial charge >= 0.3 is 7.25 Å². The Hall–Kier alpha value is 0.0949. The summed E-state index contributed by atoms with van der Waals surface area (Å²) in [4.78, 5) is 0. The Morgan fingerprint density at radius 3 is 1.00 bits per heavy atom. The highest BCUT2D eigenvalue weighted by molar-refractivity contribution is 7.68. The van der Waals surface area contributed by atoms with Crippen LogP contribution in [0.15, 0.2) is 0 Å². The van der Waals surface area contributed by atoms with E-state index in [-0.39, 0.29) is 0 Å². The quantitative estimate of drug-likeness (QED) is 0.234. The average molecular weight is 391 g/mol. The van der Waals surface area contributed by atoms with Gasteiger partial charge in [0.15, 0.2) is 0 Å². The lowest BCUT2D eigenvalue weighted by atomic mass is 10.3. The lowest BCUT2D eigenvalue weighted by Crippen LogP contribution is -2.41. The normalized spacial score (nSPS) is 12.7. The van der Waals surface area contributed by atoms with Gasteiger partial charge in [-0.3, -0.25) is 0 Å². The molecule has 0 bridgehead atoms. The standard InChI is InChI=1S/C16H39N3P.BF4/c1-8-11-14-17(4)20(7,18(5)15-12-9-2)19(6)16-13-10-3;2-1(3,4)5/h8-16H2,1-7H3;/q+1;-1. The smallest absolute Gasteiger partial charge is 0.418 e. The number of rotatable bonds is 12. The Labute approximate surface area is 153 Å². The molecule has 0 aliphatic rings. The van der Waals surface area contributed by atoms with Crippen LogP contribution in [0.25, 0.3) is 0 Å². The molecule has 0 fully saturated rings. The van der Waals surface area contributed by atoms with Crippen molar-refractivity contribution in [1.29, 1.82) is 0 Å². The van der Waals surface area contributed by atoms with Gasteiger partial charge in [-0.15, -0.1) is 0 Å². The van der Waals surface area contributed by atoms with Crippen LogP contribution in [-0.4, -0.2) is 68.7 Å². The summed E-state index contributed by atoms with van der Waals surface area (Å²) in [6, 6.07) is 0. The van der Waals surface area contributed by atoms with Gasteiger partial charge < -0.3 is 17.3 Å². The predicted molar refractivity (Wildman–Crippen MR) is 106 cm³/mol. The number of nitrogens with zero attached hydrogens (tertiary/aromatic N) is 3. The van der Waals surface area contributed by atoms with Gasteiger partial charge in [-0.1, -0.05) is 40.0 Å². The van der Waals surface area contributed by atoms with E-state index in [2.05, 4.69) is 62.6 Å². The van der Waals surface area contributed by atoms with Gasteiger partial charge in [-0.2, -0.15) is 14.0 Å². The third-order valence-corrected chi connectivity index (χ3v) is 8.93. The van der Waals surface area contributed by atoms with E-state index in [0.717, 1.165) is 0 Å². The van der Waals surface area contributed by atoms with E-state index in [1.54, 1.807) is 0 Å². The van der Waals surface area contributed by atoms with Crippen LogP contribution in [0.1, 0.15) is 59.3 Å². The zero-order chi connectivity index (χ0) is 20.1.